The number of benzene rings is 2. The number of fused-ring (bicyclic) bond motifs is 1. The number of anilines is 1. The molecule has 3 amide bonds. The lowest BCUT2D eigenvalue weighted by Gasteiger charge is -2.30. The molecule has 2 aromatic rings. The van der Waals surface area contributed by atoms with Gasteiger partial charge in [0, 0.05) is 31.4 Å². The summed E-state index contributed by atoms with van der Waals surface area (Å²) in [5, 5.41) is 12.3. The first kappa shape index (κ1) is 20.8. The summed E-state index contributed by atoms with van der Waals surface area (Å²) in [6.45, 7) is 1.08. The summed E-state index contributed by atoms with van der Waals surface area (Å²) in [6.07, 6.45) is -3.89. The number of rotatable bonds is 3. The Labute approximate surface area is 176 Å². The number of hydrogen-bond acceptors (Lipinski definition) is 4. The second-order valence-corrected chi connectivity index (χ2v) is 7.45. The van der Waals surface area contributed by atoms with Crippen LogP contribution in [0.25, 0.3) is 0 Å². The molecule has 0 saturated carbocycles. The Hall–Kier alpha value is -3.43. The third kappa shape index (κ3) is 4.68. The van der Waals surface area contributed by atoms with Crippen LogP contribution in [-0.2, 0) is 17.8 Å². The van der Waals surface area contributed by atoms with Gasteiger partial charge < -0.3 is 25.0 Å². The van der Waals surface area contributed by atoms with Crippen molar-refractivity contribution in [2.24, 2.45) is 0 Å². The molecule has 0 bridgehead atoms. The number of ether oxygens (including phenoxy) is 1. The molecule has 10 heteroatoms. The van der Waals surface area contributed by atoms with Crippen molar-refractivity contribution in [2.45, 2.75) is 31.8 Å². The maximum absolute atomic E-state index is 12.8. The van der Waals surface area contributed by atoms with Crippen molar-refractivity contribution in [3.8, 4) is 11.5 Å². The van der Waals surface area contributed by atoms with Crippen LogP contribution in [0.5, 0.6) is 11.5 Å². The molecule has 1 unspecified atom stereocenters. The molecule has 164 valence electrons. The van der Waals surface area contributed by atoms with Crippen LogP contribution in [0.2, 0.25) is 0 Å². The van der Waals surface area contributed by atoms with Crippen molar-refractivity contribution in [1.29, 1.82) is 0 Å². The van der Waals surface area contributed by atoms with E-state index in [0.29, 0.717) is 25.9 Å². The molecule has 1 saturated heterocycles. The number of phenols is 1. The lowest BCUT2D eigenvalue weighted by molar-refractivity contribution is -0.274. The second kappa shape index (κ2) is 8.01. The van der Waals surface area contributed by atoms with Crippen molar-refractivity contribution < 1.29 is 32.6 Å². The fourth-order valence-corrected chi connectivity index (χ4v) is 3.87. The van der Waals surface area contributed by atoms with Crippen molar-refractivity contribution in [2.75, 3.05) is 18.0 Å². The number of phenolic OH excluding ortho intramolecular Hbond substituents is 1. The van der Waals surface area contributed by atoms with Gasteiger partial charge in [-0.15, -0.1) is 13.2 Å². The highest BCUT2D eigenvalue weighted by atomic mass is 19.4. The third-order valence-corrected chi connectivity index (χ3v) is 5.36. The highest BCUT2D eigenvalue weighted by Crippen LogP contribution is 2.29. The molecule has 0 aliphatic carbocycles. The van der Waals surface area contributed by atoms with Gasteiger partial charge in [0.1, 0.15) is 17.5 Å². The molecule has 0 aromatic heterocycles. The predicted octanol–water partition coefficient (Wildman–Crippen LogP) is 3.16. The number of nitrogens with one attached hydrogen (secondary N) is 1. The summed E-state index contributed by atoms with van der Waals surface area (Å²) < 4.78 is 41.3. The first-order valence-corrected chi connectivity index (χ1v) is 9.73. The van der Waals surface area contributed by atoms with Gasteiger partial charge in [0.15, 0.2) is 0 Å². The number of hydrogen-bond donors (Lipinski definition) is 2. The van der Waals surface area contributed by atoms with Gasteiger partial charge in [-0.05, 0) is 48.2 Å². The number of carbonyl (C=O) groups is 2. The molecule has 1 atom stereocenters. The van der Waals surface area contributed by atoms with Crippen molar-refractivity contribution in [1.82, 2.24) is 10.2 Å². The predicted molar refractivity (Wildman–Crippen MR) is 105 cm³/mol. The van der Waals surface area contributed by atoms with E-state index in [1.54, 1.807) is 23.1 Å². The van der Waals surface area contributed by atoms with E-state index in [0.717, 1.165) is 23.3 Å². The van der Waals surface area contributed by atoms with E-state index in [-0.39, 0.29) is 29.9 Å². The van der Waals surface area contributed by atoms with Crippen LogP contribution in [0, 0.1) is 0 Å². The van der Waals surface area contributed by atoms with E-state index < -0.39 is 18.2 Å². The second-order valence-electron chi connectivity index (χ2n) is 7.45. The minimum Gasteiger partial charge on any atom is -0.508 e. The lowest BCUT2D eigenvalue weighted by atomic mass is 10.00. The number of aromatic hydroxyl groups is 1. The number of halogens is 3. The fourth-order valence-electron chi connectivity index (χ4n) is 3.87. The van der Waals surface area contributed by atoms with Gasteiger partial charge in [-0.3, -0.25) is 4.79 Å². The molecule has 2 aliphatic heterocycles. The van der Waals surface area contributed by atoms with Crippen molar-refractivity contribution in [3.63, 3.8) is 0 Å². The number of carbonyl (C=O) groups excluding carboxylic acids is 2. The van der Waals surface area contributed by atoms with Gasteiger partial charge in [-0.1, -0.05) is 12.1 Å². The van der Waals surface area contributed by atoms with E-state index in [1.165, 1.54) is 17.0 Å². The maximum Gasteiger partial charge on any atom is 0.573 e. The Morgan fingerprint density at radius 1 is 1.13 bits per heavy atom. The topological polar surface area (TPSA) is 82.1 Å². The molecule has 1 fully saturated rings. The van der Waals surface area contributed by atoms with Gasteiger partial charge in [0.2, 0.25) is 5.91 Å². The minimum absolute atomic E-state index is 0.179. The monoisotopic (exact) mass is 435 g/mol. The molecular weight excluding hydrogens is 415 g/mol. The maximum atomic E-state index is 12.8. The SMILES string of the molecule is O=C(NC1CCN(c2cccc(OC(F)(F)F)c2)C1=O)N1CCc2cc(O)ccc2C1. The van der Waals surface area contributed by atoms with E-state index in [9.17, 15) is 27.9 Å². The van der Waals surface area contributed by atoms with Gasteiger partial charge in [0.25, 0.3) is 0 Å². The molecule has 2 aliphatic rings. The van der Waals surface area contributed by atoms with Crippen LogP contribution in [0.4, 0.5) is 23.7 Å². The first-order valence-electron chi connectivity index (χ1n) is 9.73. The Balaban J connectivity index is 1.39. The van der Waals surface area contributed by atoms with Crippen molar-refractivity contribution in [3.05, 3.63) is 53.6 Å². The highest BCUT2D eigenvalue weighted by molar-refractivity contribution is 6.01. The summed E-state index contributed by atoms with van der Waals surface area (Å²) in [7, 11) is 0. The largest absolute Gasteiger partial charge is 0.573 e. The summed E-state index contributed by atoms with van der Waals surface area (Å²) in [5.74, 6) is -0.624. The standard InChI is InChI=1S/C21H20F3N3O4/c22-21(23,24)31-17-3-1-2-15(11-17)27-9-7-18(19(27)29)25-20(30)26-8-6-13-10-16(28)5-4-14(13)12-26/h1-5,10-11,18,28H,6-9,12H2,(H,25,30). The normalized spacial score (nSPS) is 18.7. The van der Waals surface area contributed by atoms with Gasteiger partial charge in [-0.25, -0.2) is 4.79 Å². The molecule has 2 aromatic carbocycles. The number of amides is 3. The number of urea groups is 1. The summed E-state index contributed by atoms with van der Waals surface area (Å²) in [4.78, 5) is 28.4. The average molecular weight is 435 g/mol. The third-order valence-electron chi connectivity index (χ3n) is 5.36. The average Bonchev–Trinajstić information content (AvgIpc) is 3.06. The van der Waals surface area contributed by atoms with E-state index >= 15 is 0 Å². The first-order chi connectivity index (χ1) is 14.7. The Morgan fingerprint density at radius 2 is 1.94 bits per heavy atom. The van der Waals surface area contributed by atoms with E-state index in [2.05, 4.69) is 10.1 Å². The van der Waals surface area contributed by atoms with Crippen LogP contribution >= 0.6 is 0 Å². The summed E-state index contributed by atoms with van der Waals surface area (Å²) in [6, 6.07) is 9.06. The zero-order valence-electron chi connectivity index (χ0n) is 16.4. The Morgan fingerprint density at radius 3 is 2.71 bits per heavy atom. The van der Waals surface area contributed by atoms with Gasteiger partial charge >= 0.3 is 12.4 Å². The molecular formula is C21H20F3N3O4. The van der Waals surface area contributed by atoms with Crippen LogP contribution in [0.15, 0.2) is 42.5 Å². The number of alkyl halides is 3. The smallest absolute Gasteiger partial charge is 0.508 e. The highest BCUT2D eigenvalue weighted by Gasteiger charge is 2.36. The molecule has 7 nitrogen and oxygen atoms in total. The van der Waals surface area contributed by atoms with Gasteiger partial charge in [0.05, 0.1) is 0 Å². The lowest BCUT2D eigenvalue weighted by Crippen LogP contribution is -2.49. The zero-order chi connectivity index (χ0) is 22.2. The fraction of sp³-hybridized carbons (Fsp3) is 0.333. The van der Waals surface area contributed by atoms with E-state index in [4.69, 9.17) is 0 Å². The molecule has 0 spiro atoms. The molecule has 4 rings (SSSR count). The Bertz CT molecular complexity index is 1010. The molecule has 2 N–H and O–H groups in total. The van der Waals surface area contributed by atoms with E-state index in [1.807, 2.05) is 0 Å². The van der Waals surface area contributed by atoms with Crippen LogP contribution in [-0.4, -0.2) is 47.4 Å². The number of nitrogens with zero attached hydrogens (tertiary/aromatic N) is 2. The quantitative estimate of drug-likeness (QED) is 0.776. The minimum atomic E-state index is -4.82. The Kier molecular flexibility index (Phi) is 5.38. The van der Waals surface area contributed by atoms with Crippen LogP contribution in [0.3, 0.4) is 0 Å². The zero-order valence-corrected chi connectivity index (χ0v) is 16.4. The van der Waals surface area contributed by atoms with Crippen LogP contribution < -0.4 is 15.0 Å². The molecule has 31 heavy (non-hydrogen) atoms. The van der Waals surface area contributed by atoms with Gasteiger partial charge in [-0.2, -0.15) is 0 Å². The van der Waals surface area contributed by atoms with Crippen LogP contribution in [0.1, 0.15) is 17.5 Å². The molecule has 2 heterocycles. The summed E-state index contributed by atoms with van der Waals surface area (Å²) in [5.41, 5.74) is 2.18. The summed E-state index contributed by atoms with van der Waals surface area (Å²) >= 11 is 0. The van der Waals surface area contributed by atoms with Crippen molar-refractivity contribution >= 4 is 17.6 Å². The molecule has 0 radical (unpaired) electrons.